The van der Waals surface area contributed by atoms with Crippen molar-refractivity contribution < 1.29 is 0 Å². The highest BCUT2D eigenvalue weighted by Gasteiger charge is 2.10. The van der Waals surface area contributed by atoms with Gasteiger partial charge in [-0.05, 0) is 11.5 Å². The van der Waals surface area contributed by atoms with Gasteiger partial charge in [0.15, 0.2) is 0 Å². The second-order valence-electron chi connectivity index (χ2n) is 4.23. The fourth-order valence-electron chi connectivity index (χ4n) is 0.806. The van der Waals surface area contributed by atoms with Crippen LogP contribution in [-0.2, 0) is 0 Å². The average Bonchev–Trinajstić information content (AvgIpc) is 2.00. The molecule has 0 aromatic carbocycles. The Hall–Kier alpha value is -0.700. The molecule has 3 heteroatoms. The summed E-state index contributed by atoms with van der Waals surface area (Å²) >= 11 is 1.69. The molecular weight excluding hydrogens is 182 g/mol. The standard InChI is InChI=1S/C10H15NOS/c1-10(2,3)7-13-9-6-4-5-8(12)11-9/h4-6H,7H2,1-3H3,(H,11,12). The molecule has 1 rings (SSSR count). The maximum Gasteiger partial charge on any atom is 0.248 e. The van der Waals surface area contributed by atoms with E-state index in [0.717, 1.165) is 10.8 Å². The molecule has 0 spiro atoms. The zero-order valence-electron chi connectivity index (χ0n) is 8.26. The predicted octanol–water partition coefficient (Wildman–Crippen LogP) is 2.51. The SMILES string of the molecule is CC(C)(C)CSc1cccc(=O)[nH]1. The maximum atomic E-state index is 10.9. The summed E-state index contributed by atoms with van der Waals surface area (Å²) in [5, 5.41) is 0.947. The molecule has 0 amide bonds. The monoisotopic (exact) mass is 197 g/mol. The summed E-state index contributed by atoms with van der Waals surface area (Å²) in [6, 6.07) is 5.24. The molecule has 0 unspecified atom stereocenters. The fourth-order valence-corrected chi connectivity index (χ4v) is 1.74. The first kappa shape index (κ1) is 10.4. The molecule has 13 heavy (non-hydrogen) atoms. The Labute approximate surface area is 82.8 Å². The lowest BCUT2D eigenvalue weighted by atomic mass is 10.0. The van der Waals surface area contributed by atoms with E-state index in [9.17, 15) is 4.79 Å². The maximum absolute atomic E-state index is 10.9. The molecule has 0 aliphatic carbocycles. The van der Waals surface area contributed by atoms with Gasteiger partial charge in [0.2, 0.25) is 5.56 Å². The number of hydrogen-bond donors (Lipinski definition) is 1. The normalized spacial score (nSPS) is 11.6. The van der Waals surface area contributed by atoms with Crippen molar-refractivity contribution in [2.24, 2.45) is 5.41 Å². The number of aromatic nitrogens is 1. The van der Waals surface area contributed by atoms with Gasteiger partial charge in [-0.3, -0.25) is 4.79 Å². The number of thioether (sulfide) groups is 1. The van der Waals surface area contributed by atoms with E-state index >= 15 is 0 Å². The largest absolute Gasteiger partial charge is 0.317 e. The molecule has 0 fully saturated rings. The van der Waals surface area contributed by atoms with E-state index in [0.29, 0.717) is 0 Å². The van der Waals surface area contributed by atoms with Crippen LogP contribution in [0.3, 0.4) is 0 Å². The minimum atomic E-state index is -0.0288. The molecule has 1 aromatic heterocycles. The van der Waals surface area contributed by atoms with Gasteiger partial charge in [0.1, 0.15) is 0 Å². The van der Waals surface area contributed by atoms with Gasteiger partial charge in [0.05, 0.1) is 5.03 Å². The minimum Gasteiger partial charge on any atom is -0.317 e. The van der Waals surface area contributed by atoms with Gasteiger partial charge in [0, 0.05) is 11.8 Å². The van der Waals surface area contributed by atoms with Crippen LogP contribution in [-0.4, -0.2) is 10.7 Å². The first-order chi connectivity index (χ1) is 5.97. The number of H-pyrrole nitrogens is 1. The third-order valence-electron chi connectivity index (χ3n) is 1.40. The highest BCUT2D eigenvalue weighted by Crippen LogP contribution is 2.24. The fraction of sp³-hybridized carbons (Fsp3) is 0.500. The summed E-state index contributed by atoms with van der Waals surface area (Å²) in [6.45, 7) is 6.54. The Morgan fingerprint density at radius 1 is 1.38 bits per heavy atom. The molecule has 0 aliphatic heterocycles. The summed E-state index contributed by atoms with van der Waals surface area (Å²) in [5.74, 6) is 1.01. The second-order valence-corrected chi connectivity index (χ2v) is 5.25. The Morgan fingerprint density at radius 3 is 2.62 bits per heavy atom. The van der Waals surface area contributed by atoms with E-state index in [2.05, 4.69) is 25.8 Å². The molecule has 0 saturated carbocycles. The highest BCUT2D eigenvalue weighted by atomic mass is 32.2. The van der Waals surface area contributed by atoms with Crippen molar-refractivity contribution in [1.29, 1.82) is 0 Å². The number of hydrogen-bond acceptors (Lipinski definition) is 2. The summed E-state index contributed by atoms with van der Waals surface area (Å²) < 4.78 is 0. The molecule has 1 heterocycles. The Morgan fingerprint density at radius 2 is 2.08 bits per heavy atom. The molecule has 72 valence electrons. The van der Waals surface area contributed by atoms with Gasteiger partial charge >= 0.3 is 0 Å². The smallest absolute Gasteiger partial charge is 0.248 e. The second kappa shape index (κ2) is 4.01. The van der Waals surface area contributed by atoms with Gasteiger partial charge in [0.25, 0.3) is 0 Å². The van der Waals surface area contributed by atoms with Crippen molar-refractivity contribution in [2.45, 2.75) is 25.8 Å². The Bertz CT molecular complexity index is 324. The van der Waals surface area contributed by atoms with Gasteiger partial charge in [-0.25, -0.2) is 0 Å². The topological polar surface area (TPSA) is 32.9 Å². The van der Waals surface area contributed by atoms with Crippen molar-refractivity contribution in [3.63, 3.8) is 0 Å². The molecule has 1 N–H and O–H groups in total. The summed E-state index contributed by atoms with van der Waals surface area (Å²) in [5.41, 5.74) is 0.260. The van der Waals surface area contributed by atoms with Crippen molar-refractivity contribution in [3.05, 3.63) is 28.6 Å². The van der Waals surface area contributed by atoms with E-state index in [-0.39, 0.29) is 11.0 Å². The van der Waals surface area contributed by atoms with Gasteiger partial charge in [-0.15, -0.1) is 11.8 Å². The lowest BCUT2D eigenvalue weighted by Gasteiger charge is -2.16. The number of aromatic amines is 1. The van der Waals surface area contributed by atoms with Crippen LogP contribution < -0.4 is 5.56 Å². The quantitative estimate of drug-likeness (QED) is 0.739. The van der Waals surface area contributed by atoms with Crippen LogP contribution in [0.1, 0.15) is 20.8 Å². The molecule has 0 aliphatic rings. The molecule has 0 bridgehead atoms. The van der Waals surface area contributed by atoms with Crippen molar-refractivity contribution in [2.75, 3.05) is 5.75 Å². The molecule has 0 radical (unpaired) electrons. The van der Waals surface area contributed by atoms with Crippen molar-refractivity contribution in [1.82, 2.24) is 4.98 Å². The number of pyridine rings is 1. The lowest BCUT2D eigenvalue weighted by Crippen LogP contribution is -2.09. The third kappa shape index (κ3) is 4.18. The van der Waals surface area contributed by atoms with Crippen LogP contribution >= 0.6 is 11.8 Å². The predicted molar refractivity (Wildman–Crippen MR) is 57.2 cm³/mol. The van der Waals surface area contributed by atoms with Gasteiger partial charge in [-0.2, -0.15) is 0 Å². The van der Waals surface area contributed by atoms with Crippen molar-refractivity contribution in [3.8, 4) is 0 Å². The molecule has 0 atom stereocenters. The molecule has 2 nitrogen and oxygen atoms in total. The summed E-state index contributed by atoms with van der Waals surface area (Å²) in [7, 11) is 0. The number of rotatable bonds is 2. The molecular formula is C10H15NOS. The molecule has 1 aromatic rings. The van der Waals surface area contributed by atoms with Crippen LogP contribution in [0, 0.1) is 5.41 Å². The van der Waals surface area contributed by atoms with Crippen LogP contribution in [0.2, 0.25) is 0 Å². The number of nitrogens with one attached hydrogen (secondary N) is 1. The van der Waals surface area contributed by atoms with E-state index in [1.165, 1.54) is 6.07 Å². The highest BCUT2D eigenvalue weighted by molar-refractivity contribution is 7.99. The first-order valence-corrected chi connectivity index (χ1v) is 5.28. The van der Waals surface area contributed by atoms with E-state index < -0.39 is 0 Å². The third-order valence-corrected chi connectivity index (χ3v) is 2.96. The van der Waals surface area contributed by atoms with E-state index in [1.54, 1.807) is 17.8 Å². The summed E-state index contributed by atoms with van der Waals surface area (Å²) in [4.78, 5) is 13.7. The average molecular weight is 197 g/mol. The zero-order chi connectivity index (χ0) is 9.90. The van der Waals surface area contributed by atoms with E-state index in [4.69, 9.17) is 0 Å². The first-order valence-electron chi connectivity index (χ1n) is 4.29. The van der Waals surface area contributed by atoms with Crippen LogP contribution in [0.4, 0.5) is 0 Å². The van der Waals surface area contributed by atoms with E-state index in [1.807, 2.05) is 6.07 Å². The van der Waals surface area contributed by atoms with Crippen LogP contribution in [0.15, 0.2) is 28.0 Å². The van der Waals surface area contributed by atoms with Crippen molar-refractivity contribution >= 4 is 11.8 Å². The minimum absolute atomic E-state index is 0.0288. The summed E-state index contributed by atoms with van der Waals surface area (Å²) in [6.07, 6.45) is 0. The Balaban J connectivity index is 2.60. The lowest BCUT2D eigenvalue weighted by molar-refractivity contribution is 0.480. The van der Waals surface area contributed by atoms with Gasteiger partial charge < -0.3 is 4.98 Å². The zero-order valence-corrected chi connectivity index (χ0v) is 9.07. The molecule has 0 saturated heterocycles. The Kier molecular flexibility index (Phi) is 3.20. The van der Waals surface area contributed by atoms with Crippen LogP contribution in [0.25, 0.3) is 0 Å². The van der Waals surface area contributed by atoms with Crippen LogP contribution in [0.5, 0.6) is 0 Å². The van der Waals surface area contributed by atoms with Gasteiger partial charge in [-0.1, -0.05) is 26.8 Å².